The van der Waals surface area contributed by atoms with Gasteiger partial charge < -0.3 is 24.8 Å². The van der Waals surface area contributed by atoms with E-state index in [0.717, 1.165) is 12.1 Å². The van der Waals surface area contributed by atoms with Crippen molar-refractivity contribution in [2.45, 2.75) is 25.1 Å². The summed E-state index contributed by atoms with van der Waals surface area (Å²) in [6.45, 7) is 2.38. The zero-order valence-corrected chi connectivity index (χ0v) is 19.0. The van der Waals surface area contributed by atoms with Gasteiger partial charge in [-0.1, -0.05) is 6.07 Å². The molecular weight excluding hydrogens is 437 g/mol. The molecule has 1 aliphatic rings. The second-order valence-corrected chi connectivity index (χ2v) is 8.12. The van der Waals surface area contributed by atoms with Gasteiger partial charge in [-0.25, -0.2) is 9.78 Å². The number of anilines is 2. The van der Waals surface area contributed by atoms with E-state index in [0.29, 0.717) is 50.8 Å². The maximum atomic E-state index is 13.1. The van der Waals surface area contributed by atoms with Gasteiger partial charge in [0.05, 0.1) is 12.7 Å². The van der Waals surface area contributed by atoms with E-state index < -0.39 is 17.8 Å². The van der Waals surface area contributed by atoms with E-state index in [9.17, 15) is 18.0 Å². The second kappa shape index (κ2) is 10.7. The van der Waals surface area contributed by atoms with Gasteiger partial charge in [-0.3, -0.25) is 0 Å². The fourth-order valence-corrected chi connectivity index (χ4v) is 3.70. The molecule has 0 unspecified atom stereocenters. The van der Waals surface area contributed by atoms with E-state index in [1.54, 1.807) is 24.3 Å². The number of urea groups is 1. The van der Waals surface area contributed by atoms with E-state index in [-0.39, 0.29) is 11.7 Å². The molecule has 8 nitrogen and oxygen atoms in total. The molecule has 1 aromatic heterocycles. The number of alkyl halides is 3. The monoisotopic (exact) mass is 466 g/mol. The van der Waals surface area contributed by atoms with Crippen LogP contribution in [0.2, 0.25) is 0 Å². The van der Waals surface area contributed by atoms with Gasteiger partial charge in [0, 0.05) is 50.2 Å². The smallest absolute Gasteiger partial charge is 0.416 e. The van der Waals surface area contributed by atoms with E-state index >= 15 is 0 Å². The van der Waals surface area contributed by atoms with Crippen molar-refractivity contribution in [1.29, 1.82) is 0 Å². The minimum atomic E-state index is -4.47. The highest BCUT2D eigenvalue weighted by atomic mass is 19.4. The average molecular weight is 467 g/mol. The highest BCUT2D eigenvalue weighted by molar-refractivity contribution is 5.89. The van der Waals surface area contributed by atoms with Crippen LogP contribution < -0.4 is 15.0 Å². The number of nitrogens with zero attached hydrogens (tertiary/aromatic N) is 5. The summed E-state index contributed by atoms with van der Waals surface area (Å²) in [6.07, 6.45) is -1.46. The highest BCUT2D eigenvalue weighted by Crippen LogP contribution is 2.31. The number of piperidine rings is 1. The number of hydrogen-bond acceptors (Lipinski definition) is 6. The number of hydrogen-bond donors (Lipinski definition) is 1. The number of halogens is 3. The number of likely N-dealkylation sites (N-methyl/N-ethyl adjacent to an activating group) is 1. The Morgan fingerprint density at radius 1 is 1.21 bits per heavy atom. The first-order chi connectivity index (χ1) is 15.7. The first kappa shape index (κ1) is 24.6. The standard InChI is InChI=1S/C22H29F3N6O2/c1-29(2)13-14-31(21(32)27-17-6-4-5-16(15-17)22(23,24)25)18-8-11-30(12-9-18)20-26-10-7-19(28-20)33-3/h4-7,10,15,18H,8-9,11-14H2,1-3H3,(H,27,32). The second-order valence-electron chi connectivity index (χ2n) is 8.12. The van der Waals surface area contributed by atoms with Crippen LogP contribution in [-0.2, 0) is 6.18 Å². The lowest BCUT2D eigenvalue weighted by molar-refractivity contribution is -0.137. The van der Waals surface area contributed by atoms with Gasteiger partial charge in [0.15, 0.2) is 0 Å². The van der Waals surface area contributed by atoms with Crippen LogP contribution in [0.5, 0.6) is 5.88 Å². The van der Waals surface area contributed by atoms with Crippen LogP contribution in [0.25, 0.3) is 0 Å². The van der Waals surface area contributed by atoms with Gasteiger partial charge in [0.2, 0.25) is 11.8 Å². The van der Waals surface area contributed by atoms with Crippen LogP contribution in [-0.4, -0.2) is 79.2 Å². The van der Waals surface area contributed by atoms with Gasteiger partial charge in [-0.15, -0.1) is 0 Å². The van der Waals surface area contributed by atoms with Gasteiger partial charge in [-0.05, 0) is 45.1 Å². The van der Waals surface area contributed by atoms with Crippen LogP contribution in [0.15, 0.2) is 36.5 Å². The normalized spacial score (nSPS) is 14.9. The Labute approximate surface area is 191 Å². The fourth-order valence-electron chi connectivity index (χ4n) is 3.70. The first-order valence-electron chi connectivity index (χ1n) is 10.7. The molecule has 1 fully saturated rings. The molecule has 33 heavy (non-hydrogen) atoms. The van der Waals surface area contributed by atoms with Crippen molar-refractivity contribution in [2.24, 2.45) is 0 Å². The number of aromatic nitrogens is 2. The van der Waals surface area contributed by atoms with Gasteiger partial charge >= 0.3 is 12.2 Å². The molecule has 2 aromatic rings. The Balaban J connectivity index is 1.69. The van der Waals surface area contributed by atoms with E-state index in [1.165, 1.54) is 12.1 Å². The first-order valence-corrected chi connectivity index (χ1v) is 10.7. The molecule has 3 rings (SSSR count). The molecule has 0 radical (unpaired) electrons. The van der Waals surface area contributed by atoms with E-state index in [1.807, 2.05) is 23.9 Å². The Bertz CT molecular complexity index is 932. The summed E-state index contributed by atoms with van der Waals surface area (Å²) in [4.78, 5) is 27.5. The topological polar surface area (TPSA) is 73.8 Å². The number of carbonyl (C=O) groups excluding carboxylic acids is 1. The number of rotatable bonds is 7. The fraction of sp³-hybridized carbons (Fsp3) is 0.500. The molecule has 1 aromatic carbocycles. The van der Waals surface area contributed by atoms with Crippen molar-refractivity contribution in [3.63, 3.8) is 0 Å². The lowest BCUT2D eigenvalue weighted by Crippen LogP contribution is -2.51. The third-order valence-electron chi connectivity index (χ3n) is 5.50. The Morgan fingerprint density at radius 3 is 2.58 bits per heavy atom. The van der Waals surface area contributed by atoms with Crippen molar-refractivity contribution in [3.05, 3.63) is 42.1 Å². The largest absolute Gasteiger partial charge is 0.481 e. The molecule has 0 bridgehead atoms. The lowest BCUT2D eigenvalue weighted by Gasteiger charge is -2.39. The van der Waals surface area contributed by atoms with Crippen molar-refractivity contribution in [3.8, 4) is 5.88 Å². The Morgan fingerprint density at radius 2 is 1.94 bits per heavy atom. The highest BCUT2D eigenvalue weighted by Gasteiger charge is 2.32. The van der Waals surface area contributed by atoms with Crippen LogP contribution in [0.1, 0.15) is 18.4 Å². The van der Waals surface area contributed by atoms with Crippen molar-refractivity contribution < 1.29 is 22.7 Å². The molecule has 0 atom stereocenters. The number of nitrogens with one attached hydrogen (secondary N) is 1. The number of benzene rings is 1. The summed E-state index contributed by atoms with van der Waals surface area (Å²) in [5.74, 6) is 1.05. The maximum absolute atomic E-state index is 13.1. The van der Waals surface area contributed by atoms with Crippen LogP contribution in [0.4, 0.5) is 29.6 Å². The molecule has 0 aliphatic carbocycles. The molecule has 1 saturated heterocycles. The third kappa shape index (κ3) is 6.70. The summed E-state index contributed by atoms with van der Waals surface area (Å²) < 4.78 is 44.3. The third-order valence-corrected chi connectivity index (χ3v) is 5.50. The molecule has 1 aliphatic heterocycles. The molecule has 2 heterocycles. The summed E-state index contributed by atoms with van der Waals surface area (Å²) in [5.41, 5.74) is -0.682. The molecule has 0 spiro atoms. The number of ether oxygens (including phenoxy) is 1. The van der Waals surface area contributed by atoms with Crippen molar-refractivity contribution in [1.82, 2.24) is 19.8 Å². The van der Waals surface area contributed by atoms with Crippen LogP contribution in [0.3, 0.4) is 0 Å². The number of carbonyl (C=O) groups is 1. The molecule has 11 heteroatoms. The van der Waals surface area contributed by atoms with Gasteiger partial charge in [-0.2, -0.15) is 18.2 Å². The predicted octanol–water partition coefficient (Wildman–Crippen LogP) is 3.57. The summed E-state index contributed by atoms with van der Waals surface area (Å²) in [6, 6.07) is 5.89. The Kier molecular flexibility index (Phi) is 7.96. The molecule has 1 N–H and O–H groups in total. The zero-order chi connectivity index (χ0) is 24.0. The predicted molar refractivity (Wildman–Crippen MR) is 120 cm³/mol. The molecule has 180 valence electrons. The van der Waals surface area contributed by atoms with Crippen molar-refractivity contribution in [2.75, 3.05) is 57.6 Å². The molecule has 0 saturated carbocycles. The Hall–Kier alpha value is -3.08. The van der Waals surface area contributed by atoms with Crippen LogP contribution in [0, 0.1) is 0 Å². The number of amides is 2. The van der Waals surface area contributed by atoms with Gasteiger partial charge in [0.1, 0.15) is 0 Å². The minimum Gasteiger partial charge on any atom is -0.481 e. The minimum absolute atomic E-state index is 0.0578. The van der Waals surface area contributed by atoms with E-state index in [4.69, 9.17) is 4.74 Å². The summed E-state index contributed by atoms with van der Waals surface area (Å²) >= 11 is 0. The lowest BCUT2D eigenvalue weighted by atomic mass is 10.0. The number of methoxy groups -OCH3 is 1. The maximum Gasteiger partial charge on any atom is 0.416 e. The zero-order valence-electron chi connectivity index (χ0n) is 19.0. The molecule has 2 amide bonds. The van der Waals surface area contributed by atoms with Crippen molar-refractivity contribution >= 4 is 17.7 Å². The van der Waals surface area contributed by atoms with Crippen LogP contribution >= 0.6 is 0 Å². The summed E-state index contributed by atoms with van der Waals surface area (Å²) in [7, 11) is 5.36. The quantitative estimate of drug-likeness (QED) is 0.673. The molecular formula is C22H29F3N6O2. The SMILES string of the molecule is COc1ccnc(N2CCC(N(CCN(C)C)C(=O)Nc3cccc(C(F)(F)F)c3)CC2)n1. The average Bonchev–Trinajstić information content (AvgIpc) is 2.79. The summed E-state index contributed by atoms with van der Waals surface area (Å²) in [5, 5.41) is 2.65. The van der Waals surface area contributed by atoms with E-state index in [2.05, 4.69) is 15.3 Å². The van der Waals surface area contributed by atoms with Gasteiger partial charge in [0.25, 0.3) is 0 Å².